The van der Waals surface area contributed by atoms with Crippen LogP contribution in [0.4, 0.5) is 0 Å². The van der Waals surface area contributed by atoms with Gasteiger partial charge < -0.3 is 15.7 Å². The number of fused-ring (bicyclic) bond motifs is 2. The first-order chi connectivity index (χ1) is 15.0. The molecule has 3 aliphatic heterocycles. The Morgan fingerprint density at radius 2 is 1.88 bits per heavy atom. The summed E-state index contributed by atoms with van der Waals surface area (Å²) in [5.41, 5.74) is 6.15. The average Bonchev–Trinajstić information content (AvgIpc) is 3.25. The van der Waals surface area contributed by atoms with E-state index in [1.54, 1.807) is 11.8 Å². The third kappa shape index (κ3) is 6.85. The second-order valence-electron chi connectivity index (χ2n) is 9.96. The van der Waals surface area contributed by atoms with Crippen molar-refractivity contribution in [2.75, 3.05) is 59.2 Å². The fourth-order valence-corrected chi connectivity index (χ4v) is 6.07. The number of nitrogens with two attached hydrogens (primary N) is 1. The third-order valence-corrected chi connectivity index (χ3v) is 8.93. The van der Waals surface area contributed by atoms with E-state index in [1.807, 2.05) is 0 Å². The maximum atomic E-state index is 12.2. The van der Waals surface area contributed by atoms with Gasteiger partial charge in [-0.3, -0.25) is 19.9 Å². The molecule has 0 aromatic heterocycles. The molecule has 3 aliphatic rings. The number of hydrogen-bond donors (Lipinski definition) is 3. The van der Waals surface area contributed by atoms with Gasteiger partial charge in [-0.05, 0) is 38.6 Å². The molecular weight excluding hydrogens is 432 g/mol. The Kier molecular flexibility index (Phi) is 8.92. The Labute approximate surface area is 193 Å². The van der Waals surface area contributed by atoms with E-state index in [-0.39, 0.29) is 23.9 Å². The van der Waals surface area contributed by atoms with Crippen LogP contribution in [0.15, 0.2) is 0 Å². The number of nitrogens with zero attached hydrogens (tertiary/aromatic N) is 4. The monoisotopic (exact) mass is 474 g/mol. The highest BCUT2D eigenvalue weighted by Crippen LogP contribution is 2.35. The van der Waals surface area contributed by atoms with Crippen molar-refractivity contribution < 1.29 is 18.3 Å². The highest BCUT2D eigenvalue weighted by Gasteiger charge is 2.40. The van der Waals surface area contributed by atoms with Crippen LogP contribution in [-0.4, -0.2) is 128 Å². The van der Waals surface area contributed by atoms with Crippen molar-refractivity contribution in [3.05, 3.63) is 0 Å². The number of carbonyl (C=O) groups is 1. The number of amides is 1. The Morgan fingerprint density at radius 3 is 2.47 bits per heavy atom. The summed E-state index contributed by atoms with van der Waals surface area (Å²) in [4.78, 5) is 18.6. The van der Waals surface area contributed by atoms with Gasteiger partial charge in [-0.15, -0.1) is 0 Å². The van der Waals surface area contributed by atoms with Crippen LogP contribution in [0.25, 0.3) is 0 Å². The molecule has 10 nitrogen and oxygen atoms in total. The molecule has 32 heavy (non-hydrogen) atoms. The van der Waals surface area contributed by atoms with E-state index in [9.17, 15) is 18.3 Å². The predicted molar refractivity (Wildman–Crippen MR) is 124 cm³/mol. The summed E-state index contributed by atoms with van der Waals surface area (Å²) in [6.07, 6.45) is 4.62. The lowest BCUT2D eigenvalue weighted by Gasteiger charge is -2.39. The molecule has 3 fully saturated rings. The number of hydrogen-bond acceptors (Lipinski definition) is 8. The Hall–Kier alpha value is -0.820. The normalized spacial score (nSPS) is 30.2. The van der Waals surface area contributed by atoms with Crippen molar-refractivity contribution in [2.24, 2.45) is 5.73 Å². The second-order valence-corrected chi connectivity index (χ2v) is 12.1. The number of likely N-dealkylation sites (tertiary alicyclic amines) is 1. The van der Waals surface area contributed by atoms with Crippen LogP contribution in [0.1, 0.15) is 39.0 Å². The minimum Gasteiger partial charge on any atom is -0.390 e. The number of sulfonamides is 1. The van der Waals surface area contributed by atoms with Crippen molar-refractivity contribution in [1.82, 2.24) is 24.3 Å². The molecule has 3 rings (SSSR count). The molecule has 4 N–H and O–H groups in total. The van der Waals surface area contributed by atoms with Crippen LogP contribution >= 0.6 is 0 Å². The summed E-state index contributed by atoms with van der Waals surface area (Å²) in [6.45, 7) is 5.40. The number of nitrogens with one attached hydrogen (secondary N) is 1. The summed E-state index contributed by atoms with van der Waals surface area (Å²) in [5.74, 6) is -0.0909. The first-order valence-corrected chi connectivity index (χ1v) is 13.5. The molecule has 0 radical (unpaired) electrons. The minimum absolute atomic E-state index is 0.0290. The van der Waals surface area contributed by atoms with Crippen molar-refractivity contribution in [1.29, 1.82) is 0 Å². The van der Waals surface area contributed by atoms with Crippen molar-refractivity contribution in [3.63, 3.8) is 0 Å². The van der Waals surface area contributed by atoms with Gasteiger partial charge in [-0.2, -0.15) is 0 Å². The lowest BCUT2D eigenvalue weighted by molar-refractivity contribution is -0.130. The van der Waals surface area contributed by atoms with Gasteiger partial charge in [0.25, 0.3) is 0 Å². The minimum atomic E-state index is -3.26. The number of rotatable bonds is 11. The van der Waals surface area contributed by atoms with Gasteiger partial charge in [0.1, 0.15) is 5.88 Å². The van der Waals surface area contributed by atoms with Crippen LogP contribution < -0.4 is 11.1 Å². The average molecular weight is 475 g/mol. The van der Waals surface area contributed by atoms with Gasteiger partial charge in [0.2, 0.25) is 15.9 Å². The Bertz CT molecular complexity index is 722. The van der Waals surface area contributed by atoms with Gasteiger partial charge in [0.05, 0.1) is 6.10 Å². The molecule has 2 unspecified atom stereocenters. The molecule has 3 heterocycles. The quantitative estimate of drug-likeness (QED) is 0.336. The fourth-order valence-electron chi connectivity index (χ4n) is 5.36. The van der Waals surface area contributed by atoms with E-state index in [1.165, 1.54) is 18.4 Å². The van der Waals surface area contributed by atoms with Crippen molar-refractivity contribution >= 4 is 15.9 Å². The molecule has 186 valence electrons. The molecule has 0 saturated carbocycles. The Balaban J connectivity index is 1.40. The zero-order chi connectivity index (χ0) is 23.5. The SMILES string of the molecule is CC(=O)N(CCN1CC[C@@H](NCS(=O)(=O)N(C)C)C1)CC(O)CN1[C@@H]2CC[C@H]1CC(N)C2. The lowest BCUT2D eigenvalue weighted by atomic mass is 9.98. The zero-order valence-electron chi connectivity index (χ0n) is 19.8. The summed E-state index contributed by atoms with van der Waals surface area (Å²) in [7, 11) is -0.189. The predicted octanol–water partition coefficient (Wildman–Crippen LogP) is -1.34. The first-order valence-electron chi connectivity index (χ1n) is 11.9. The largest absolute Gasteiger partial charge is 0.390 e. The lowest BCUT2D eigenvalue weighted by Crippen LogP contribution is -2.52. The van der Waals surface area contributed by atoms with Crippen molar-refractivity contribution in [2.45, 2.75) is 69.3 Å². The molecule has 0 aromatic rings. The van der Waals surface area contributed by atoms with E-state index in [0.29, 0.717) is 38.3 Å². The highest BCUT2D eigenvalue weighted by molar-refractivity contribution is 7.89. The summed E-state index contributed by atoms with van der Waals surface area (Å²) < 4.78 is 25.1. The van der Waals surface area contributed by atoms with E-state index >= 15 is 0 Å². The molecule has 5 atom stereocenters. The molecule has 2 bridgehead atoms. The molecular formula is C21H42N6O4S. The summed E-state index contributed by atoms with van der Waals surface area (Å²) >= 11 is 0. The van der Waals surface area contributed by atoms with Crippen LogP contribution in [0.2, 0.25) is 0 Å². The number of aliphatic hydroxyl groups excluding tert-OH is 1. The number of piperidine rings is 1. The van der Waals surface area contributed by atoms with E-state index in [0.717, 1.165) is 45.2 Å². The molecule has 0 aromatic carbocycles. The summed E-state index contributed by atoms with van der Waals surface area (Å²) in [6, 6.07) is 1.34. The van der Waals surface area contributed by atoms with Crippen LogP contribution in [0.5, 0.6) is 0 Å². The highest BCUT2D eigenvalue weighted by atomic mass is 32.2. The van der Waals surface area contributed by atoms with Gasteiger partial charge in [0, 0.05) is 77.9 Å². The molecule has 1 amide bonds. The van der Waals surface area contributed by atoms with E-state index < -0.39 is 16.1 Å². The zero-order valence-corrected chi connectivity index (χ0v) is 20.6. The van der Waals surface area contributed by atoms with E-state index in [2.05, 4.69) is 15.1 Å². The van der Waals surface area contributed by atoms with Crippen LogP contribution in [0.3, 0.4) is 0 Å². The van der Waals surface area contributed by atoms with Gasteiger partial charge >= 0.3 is 0 Å². The molecule has 11 heteroatoms. The fraction of sp³-hybridized carbons (Fsp3) is 0.952. The third-order valence-electron chi connectivity index (χ3n) is 7.29. The van der Waals surface area contributed by atoms with Gasteiger partial charge in [-0.1, -0.05) is 0 Å². The maximum Gasteiger partial charge on any atom is 0.226 e. The molecule has 0 spiro atoms. The number of aliphatic hydroxyl groups is 1. The second kappa shape index (κ2) is 11.1. The maximum absolute atomic E-state index is 12.2. The smallest absolute Gasteiger partial charge is 0.226 e. The van der Waals surface area contributed by atoms with Crippen molar-refractivity contribution in [3.8, 4) is 0 Å². The molecule has 0 aliphatic carbocycles. The van der Waals surface area contributed by atoms with Crippen LogP contribution in [-0.2, 0) is 14.8 Å². The molecule has 3 saturated heterocycles. The number of carbonyl (C=O) groups excluding carboxylic acids is 1. The summed E-state index contributed by atoms with van der Waals surface area (Å²) in [5, 5.41) is 13.9. The van der Waals surface area contributed by atoms with Gasteiger partial charge in [0.15, 0.2) is 0 Å². The Morgan fingerprint density at radius 1 is 1.22 bits per heavy atom. The van der Waals surface area contributed by atoms with Gasteiger partial charge in [-0.25, -0.2) is 12.7 Å². The van der Waals surface area contributed by atoms with Crippen LogP contribution in [0, 0.1) is 0 Å². The topological polar surface area (TPSA) is 122 Å². The standard InChI is InChI=1S/C21H42N6O4S/c1-16(28)26(13-21(29)14-27-19-4-5-20(27)11-17(22)10-19)9-8-25-7-6-18(12-25)23-15-32(30,31)24(2)3/h17-21,23,29H,4-15,22H2,1-3H3/t17?,18-,19-,20+,21?/m1/s1. The van der Waals surface area contributed by atoms with E-state index in [4.69, 9.17) is 5.73 Å². The first kappa shape index (κ1) is 25.8.